The van der Waals surface area contributed by atoms with Gasteiger partial charge in [-0.2, -0.15) is 5.26 Å². The average molecular weight is 400 g/mol. The van der Waals surface area contributed by atoms with Crippen LogP contribution in [0.5, 0.6) is 5.75 Å². The number of hydrogen-bond acceptors (Lipinski definition) is 5. The number of fused-ring (bicyclic) bond motifs is 1. The quantitative estimate of drug-likeness (QED) is 0.707. The van der Waals surface area contributed by atoms with Crippen molar-refractivity contribution in [1.82, 2.24) is 4.98 Å². The number of hydrogen-bond donors (Lipinski definition) is 1. The topological polar surface area (TPSA) is 78.2 Å². The Hall–Kier alpha value is -3.59. The maximum absolute atomic E-state index is 12.7. The first kappa shape index (κ1) is 19.7. The first-order valence-electron chi connectivity index (χ1n) is 10.1. The summed E-state index contributed by atoms with van der Waals surface area (Å²) in [7, 11) is 1.62. The minimum atomic E-state index is -0.0412. The van der Waals surface area contributed by atoms with Gasteiger partial charge in [0.25, 0.3) is 0 Å². The van der Waals surface area contributed by atoms with Crippen LogP contribution in [0.2, 0.25) is 0 Å². The molecule has 152 valence electrons. The summed E-state index contributed by atoms with van der Waals surface area (Å²) in [6, 6.07) is 15.8. The Kier molecular flexibility index (Phi) is 5.53. The molecule has 0 aliphatic carbocycles. The van der Waals surface area contributed by atoms with E-state index in [1.54, 1.807) is 13.3 Å². The van der Waals surface area contributed by atoms with Crippen LogP contribution >= 0.6 is 0 Å². The lowest BCUT2D eigenvalue weighted by Crippen LogP contribution is -2.38. The van der Waals surface area contributed by atoms with E-state index in [0.29, 0.717) is 18.7 Å². The van der Waals surface area contributed by atoms with Gasteiger partial charge in [-0.25, -0.2) is 0 Å². The fourth-order valence-corrected chi connectivity index (χ4v) is 4.04. The molecule has 6 heteroatoms. The third-order valence-corrected chi connectivity index (χ3v) is 5.64. The number of methoxy groups -OCH3 is 1. The van der Waals surface area contributed by atoms with Crippen molar-refractivity contribution in [1.29, 1.82) is 5.26 Å². The fourth-order valence-electron chi connectivity index (χ4n) is 4.04. The highest BCUT2D eigenvalue weighted by Crippen LogP contribution is 2.34. The van der Waals surface area contributed by atoms with Crippen LogP contribution < -0.4 is 15.0 Å². The molecule has 0 spiro atoms. The molecule has 1 saturated heterocycles. The average Bonchev–Trinajstić information content (AvgIpc) is 2.78. The van der Waals surface area contributed by atoms with Gasteiger partial charge >= 0.3 is 0 Å². The normalized spacial score (nSPS) is 14.4. The smallest absolute Gasteiger partial charge is 0.227 e. The zero-order chi connectivity index (χ0) is 21.1. The molecule has 2 aromatic carbocycles. The van der Waals surface area contributed by atoms with Crippen LogP contribution in [0.25, 0.3) is 10.9 Å². The number of aryl methyl sites for hydroxylation is 1. The minimum Gasteiger partial charge on any atom is -0.497 e. The number of nitrogens with zero attached hydrogens (tertiary/aromatic N) is 3. The van der Waals surface area contributed by atoms with Gasteiger partial charge in [-0.1, -0.05) is 12.1 Å². The predicted octanol–water partition coefficient (Wildman–Crippen LogP) is 4.28. The Bertz CT molecular complexity index is 1130. The molecule has 6 nitrogen and oxygen atoms in total. The Morgan fingerprint density at radius 2 is 2.03 bits per heavy atom. The number of pyridine rings is 1. The molecule has 30 heavy (non-hydrogen) atoms. The van der Waals surface area contributed by atoms with Crippen molar-refractivity contribution in [2.75, 3.05) is 30.4 Å². The van der Waals surface area contributed by atoms with Gasteiger partial charge in [0.2, 0.25) is 5.91 Å². The summed E-state index contributed by atoms with van der Waals surface area (Å²) in [4.78, 5) is 19.3. The second-order valence-electron chi connectivity index (χ2n) is 7.64. The fraction of sp³-hybridized carbons (Fsp3) is 0.292. The highest BCUT2D eigenvalue weighted by Gasteiger charge is 2.27. The van der Waals surface area contributed by atoms with Gasteiger partial charge in [0.05, 0.1) is 23.9 Å². The van der Waals surface area contributed by atoms with E-state index in [1.165, 1.54) is 0 Å². The Balaban J connectivity index is 1.52. The monoisotopic (exact) mass is 400 g/mol. The molecule has 1 N–H and O–H groups in total. The number of nitriles is 1. The number of aromatic nitrogens is 1. The number of ether oxygens (including phenoxy) is 1. The number of nitrogens with one attached hydrogen (secondary N) is 1. The lowest BCUT2D eigenvalue weighted by molar-refractivity contribution is -0.120. The second kappa shape index (κ2) is 8.42. The van der Waals surface area contributed by atoms with Crippen LogP contribution in [0, 0.1) is 24.2 Å². The summed E-state index contributed by atoms with van der Waals surface area (Å²) in [5, 5.41) is 13.6. The van der Waals surface area contributed by atoms with Crippen LogP contribution in [0.1, 0.15) is 24.0 Å². The molecule has 0 unspecified atom stereocenters. The first-order valence-corrected chi connectivity index (χ1v) is 10.1. The number of benzene rings is 2. The van der Waals surface area contributed by atoms with Gasteiger partial charge in [0, 0.05) is 42.3 Å². The van der Waals surface area contributed by atoms with Crippen molar-refractivity contribution in [3.8, 4) is 11.8 Å². The maximum atomic E-state index is 12.7. The summed E-state index contributed by atoms with van der Waals surface area (Å²) < 4.78 is 5.30. The van der Waals surface area contributed by atoms with Crippen molar-refractivity contribution >= 4 is 28.2 Å². The van der Waals surface area contributed by atoms with E-state index >= 15 is 0 Å². The van der Waals surface area contributed by atoms with Gasteiger partial charge in [-0.05, 0) is 49.6 Å². The first-order chi connectivity index (χ1) is 14.6. The number of carbonyl (C=O) groups is 1. The Morgan fingerprint density at radius 3 is 2.73 bits per heavy atom. The Morgan fingerprint density at radius 1 is 1.23 bits per heavy atom. The van der Waals surface area contributed by atoms with Gasteiger partial charge in [0.15, 0.2) is 0 Å². The molecular weight excluding hydrogens is 376 g/mol. The van der Waals surface area contributed by atoms with Crippen LogP contribution in [-0.2, 0) is 4.79 Å². The number of rotatable bonds is 4. The zero-order valence-electron chi connectivity index (χ0n) is 17.2. The van der Waals surface area contributed by atoms with E-state index in [9.17, 15) is 10.1 Å². The molecule has 0 saturated carbocycles. The van der Waals surface area contributed by atoms with Crippen molar-refractivity contribution in [3.63, 3.8) is 0 Å². The van der Waals surface area contributed by atoms with Gasteiger partial charge < -0.3 is 15.0 Å². The third-order valence-electron chi connectivity index (χ3n) is 5.64. The van der Waals surface area contributed by atoms with Crippen molar-refractivity contribution < 1.29 is 9.53 Å². The van der Waals surface area contributed by atoms with Crippen LogP contribution in [0.15, 0.2) is 48.7 Å². The lowest BCUT2D eigenvalue weighted by Gasteiger charge is -2.34. The standard InChI is InChI=1S/C24H24N4O2/c1-16-4-3-5-19(12-16)27-24(29)17-8-10-28(11-9-17)23-18(14-25)15-26-22-13-20(30-2)6-7-21(22)23/h3-7,12-13,15,17H,8-11H2,1-2H3,(H,27,29). The van der Waals surface area contributed by atoms with E-state index in [1.807, 2.05) is 49.4 Å². The second-order valence-corrected chi connectivity index (χ2v) is 7.64. The summed E-state index contributed by atoms with van der Waals surface area (Å²) in [6.07, 6.45) is 3.10. The van der Waals surface area contributed by atoms with E-state index in [4.69, 9.17) is 4.74 Å². The van der Waals surface area contributed by atoms with E-state index in [0.717, 1.165) is 46.4 Å². The Labute approximate surface area is 176 Å². The van der Waals surface area contributed by atoms with E-state index in [-0.39, 0.29) is 11.8 Å². The van der Waals surface area contributed by atoms with Gasteiger partial charge in [0.1, 0.15) is 11.8 Å². The molecule has 1 aliphatic heterocycles. The van der Waals surface area contributed by atoms with Gasteiger partial charge in [-0.15, -0.1) is 0 Å². The van der Waals surface area contributed by atoms with Crippen LogP contribution in [-0.4, -0.2) is 31.1 Å². The SMILES string of the molecule is COc1ccc2c(N3CCC(C(=O)Nc4cccc(C)c4)CC3)c(C#N)cnc2c1. The molecule has 1 amide bonds. The number of piperidine rings is 1. The maximum Gasteiger partial charge on any atom is 0.227 e. The summed E-state index contributed by atoms with van der Waals surface area (Å²) in [6.45, 7) is 3.44. The molecule has 1 aromatic heterocycles. The molecule has 0 atom stereocenters. The van der Waals surface area contributed by atoms with E-state index < -0.39 is 0 Å². The molecular formula is C24H24N4O2. The van der Waals surface area contributed by atoms with E-state index in [2.05, 4.69) is 21.3 Å². The number of carbonyl (C=O) groups excluding carboxylic acids is 1. The van der Waals surface area contributed by atoms with Gasteiger partial charge in [-0.3, -0.25) is 9.78 Å². The zero-order valence-corrected chi connectivity index (χ0v) is 17.2. The molecule has 2 heterocycles. The lowest BCUT2D eigenvalue weighted by atomic mass is 9.94. The summed E-state index contributed by atoms with van der Waals surface area (Å²) >= 11 is 0. The number of amides is 1. The highest BCUT2D eigenvalue weighted by molar-refractivity contribution is 5.96. The summed E-state index contributed by atoms with van der Waals surface area (Å²) in [5.74, 6) is 0.753. The van der Waals surface area contributed by atoms with Crippen LogP contribution in [0.3, 0.4) is 0 Å². The highest BCUT2D eigenvalue weighted by atomic mass is 16.5. The minimum absolute atomic E-state index is 0.0412. The molecule has 0 radical (unpaired) electrons. The number of anilines is 2. The van der Waals surface area contributed by atoms with Crippen molar-refractivity contribution in [2.45, 2.75) is 19.8 Å². The predicted molar refractivity (Wildman–Crippen MR) is 118 cm³/mol. The molecule has 1 aliphatic rings. The molecule has 0 bridgehead atoms. The molecule has 4 rings (SSSR count). The largest absolute Gasteiger partial charge is 0.497 e. The van der Waals surface area contributed by atoms with Crippen molar-refractivity contribution in [2.24, 2.45) is 5.92 Å². The van der Waals surface area contributed by atoms with Crippen LogP contribution in [0.4, 0.5) is 11.4 Å². The molecule has 3 aromatic rings. The summed E-state index contributed by atoms with van der Waals surface area (Å²) in [5.41, 5.74) is 4.19. The molecule has 1 fully saturated rings. The van der Waals surface area contributed by atoms with Crippen molar-refractivity contribution in [3.05, 3.63) is 59.8 Å². The third kappa shape index (κ3) is 3.92.